The number of ketones is 1. The number of aliphatic carboxylic acids is 1. The smallest absolute Gasteiger partial charge is 0.304 e. The van der Waals surface area contributed by atoms with Crippen LogP contribution in [0.5, 0.6) is 0 Å². The van der Waals surface area contributed by atoms with Gasteiger partial charge in [-0.2, -0.15) is 0 Å². The third-order valence-electron chi connectivity index (χ3n) is 2.65. The molecule has 1 atom stereocenters. The number of carboxylic acids is 1. The Hall–Kier alpha value is -1.69. The van der Waals surface area contributed by atoms with Gasteiger partial charge in [0.15, 0.2) is 5.78 Å². The molecule has 1 heterocycles. The Kier molecular flexibility index (Phi) is 3.47. The molecule has 0 aliphatic carbocycles. The zero-order valence-electron chi connectivity index (χ0n) is 9.27. The van der Waals surface area contributed by atoms with Crippen molar-refractivity contribution in [3.05, 3.63) is 29.3 Å². The van der Waals surface area contributed by atoms with Crippen molar-refractivity contribution < 1.29 is 19.5 Å². The van der Waals surface area contributed by atoms with Crippen LogP contribution >= 0.6 is 15.9 Å². The van der Waals surface area contributed by atoms with Gasteiger partial charge < -0.3 is 10.4 Å². The number of benzene rings is 1. The second kappa shape index (κ2) is 4.89. The van der Waals surface area contributed by atoms with E-state index in [0.29, 0.717) is 11.3 Å². The van der Waals surface area contributed by atoms with Crippen LogP contribution < -0.4 is 5.32 Å². The number of fused-ring (bicyclic) bond motifs is 1. The lowest BCUT2D eigenvalue weighted by atomic mass is 10.0. The summed E-state index contributed by atoms with van der Waals surface area (Å²) in [4.78, 5) is 32.9. The molecule has 6 heteroatoms. The molecule has 1 aromatic rings. The van der Waals surface area contributed by atoms with E-state index in [-0.39, 0.29) is 24.5 Å². The van der Waals surface area contributed by atoms with Crippen LogP contribution in [0.4, 0.5) is 5.69 Å². The van der Waals surface area contributed by atoms with Crippen molar-refractivity contribution in [1.82, 2.24) is 0 Å². The van der Waals surface area contributed by atoms with Gasteiger partial charge >= 0.3 is 5.97 Å². The first-order chi connectivity index (χ1) is 8.47. The van der Waals surface area contributed by atoms with Crippen LogP contribution in [-0.2, 0) is 16.0 Å². The molecule has 0 saturated heterocycles. The number of carbonyl (C=O) groups is 3. The van der Waals surface area contributed by atoms with Crippen molar-refractivity contribution in [3.63, 3.8) is 0 Å². The highest BCUT2D eigenvalue weighted by Gasteiger charge is 2.23. The maximum absolute atomic E-state index is 11.9. The van der Waals surface area contributed by atoms with Gasteiger partial charge in [0.05, 0.1) is 17.7 Å². The number of amides is 1. The first kappa shape index (κ1) is 12.8. The average molecular weight is 312 g/mol. The molecule has 2 N–H and O–H groups in total. The number of alkyl halides is 1. The lowest BCUT2D eigenvalue weighted by Gasteiger charge is -2.07. The standard InChI is InChI=1S/C12H10BrNO4/c13-8(5-11(16)17)12(18)6-1-2-9-7(3-6)4-10(15)14-9/h1-3,8H,4-5H2,(H,14,15)(H,16,17). The fraction of sp³-hybridized carbons (Fsp3) is 0.250. The molecule has 5 nitrogen and oxygen atoms in total. The van der Waals surface area contributed by atoms with Gasteiger partial charge in [-0.3, -0.25) is 14.4 Å². The molecular formula is C12H10BrNO4. The van der Waals surface area contributed by atoms with Gasteiger partial charge in [0, 0.05) is 11.3 Å². The zero-order valence-corrected chi connectivity index (χ0v) is 10.9. The molecule has 1 aromatic carbocycles. The Bertz CT molecular complexity index is 541. The number of carboxylic acid groups (broad SMARTS) is 1. The van der Waals surface area contributed by atoms with E-state index in [1.807, 2.05) is 0 Å². The summed E-state index contributed by atoms with van der Waals surface area (Å²) in [6.07, 6.45) is -0.0184. The maximum Gasteiger partial charge on any atom is 0.304 e. The summed E-state index contributed by atoms with van der Waals surface area (Å²) in [5, 5.41) is 11.3. The van der Waals surface area contributed by atoms with E-state index >= 15 is 0 Å². The van der Waals surface area contributed by atoms with Gasteiger partial charge in [-0.1, -0.05) is 15.9 Å². The average Bonchev–Trinajstić information content (AvgIpc) is 2.65. The van der Waals surface area contributed by atoms with Gasteiger partial charge in [0.1, 0.15) is 0 Å². The van der Waals surface area contributed by atoms with Gasteiger partial charge in [-0.15, -0.1) is 0 Å². The summed E-state index contributed by atoms with van der Waals surface area (Å²) in [5.74, 6) is -1.43. The molecular weight excluding hydrogens is 302 g/mol. The van der Waals surface area contributed by atoms with Crippen molar-refractivity contribution in [2.45, 2.75) is 17.7 Å². The molecule has 1 aliphatic rings. The molecule has 0 bridgehead atoms. The van der Waals surface area contributed by atoms with Crippen molar-refractivity contribution in [2.24, 2.45) is 0 Å². The van der Waals surface area contributed by atoms with E-state index in [1.54, 1.807) is 18.2 Å². The van der Waals surface area contributed by atoms with Crippen LogP contribution in [0.3, 0.4) is 0 Å². The lowest BCUT2D eigenvalue weighted by Crippen LogP contribution is -2.18. The van der Waals surface area contributed by atoms with Crippen LogP contribution in [-0.4, -0.2) is 27.6 Å². The fourth-order valence-electron chi connectivity index (χ4n) is 1.81. The minimum atomic E-state index is -1.04. The second-order valence-electron chi connectivity index (χ2n) is 4.03. The Balaban J connectivity index is 2.20. The molecule has 0 aromatic heterocycles. The molecule has 1 amide bonds. The summed E-state index contributed by atoms with van der Waals surface area (Å²) in [7, 11) is 0. The lowest BCUT2D eigenvalue weighted by molar-refractivity contribution is -0.136. The molecule has 18 heavy (non-hydrogen) atoms. The van der Waals surface area contributed by atoms with Crippen LogP contribution in [0.2, 0.25) is 0 Å². The summed E-state index contributed by atoms with van der Waals surface area (Å²) >= 11 is 3.06. The number of halogens is 1. The SMILES string of the molecule is O=C(O)CC(Br)C(=O)c1ccc2c(c1)CC(=O)N2. The van der Waals surface area contributed by atoms with E-state index in [0.717, 1.165) is 5.56 Å². The molecule has 94 valence electrons. The van der Waals surface area contributed by atoms with Gasteiger partial charge in [-0.25, -0.2) is 0 Å². The highest BCUT2D eigenvalue weighted by atomic mass is 79.9. The first-order valence-corrected chi connectivity index (χ1v) is 6.22. The van der Waals surface area contributed by atoms with Crippen LogP contribution in [0.1, 0.15) is 22.3 Å². The first-order valence-electron chi connectivity index (χ1n) is 5.30. The van der Waals surface area contributed by atoms with Gasteiger partial charge in [0.25, 0.3) is 0 Å². The normalized spacial score (nSPS) is 14.8. The predicted molar refractivity (Wildman–Crippen MR) is 68.1 cm³/mol. The number of Topliss-reactive ketones (excluding diaryl/α,β-unsaturated/α-hetero) is 1. The van der Waals surface area contributed by atoms with Crippen molar-refractivity contribution in [2.75, 3.05) is 5.32 Å². The summed E-state index contributed by atoms with van der Waals surface area (Å²) in [6, 6.07) is 4.88. The van der Waals surface area contributed by atoms with E-state index in [1.165, 1.54) is 0 Å². The van der Waals surface area contributed by atoms with Gasteiger partial charge in [-0.05, 0) is 23.8 Å². The van der Waals surface area contributed by atoms with E-state index < -0.39 is 10.8 Å². The Morgan fingerprint density at radius 3 is 2.83 bits per heavy atom. The number of anilines is 1. The van der Waals surface area contributed by atoms with Crippen LogP contribution in [0, 0.1) is 0 Å². The molecule has 0 spiro atoms. The number of hydrogen-bond acceptors (Lipinski definition) is 3. The third kappa shape index (κ3) is 2.59. The maximum atomic E-state index is 11.9. The minimum Gasteiger partial charge on any atom is -0.481 e. The minimum absolute atomic E-state index is 0.101. The molecule has 0 fully saturated rings. The predicted octanol–water partition coefficient (Wildman–Crippen LogP) is 1.60. The summed E-state index contributed by atoms with van der Waals surface area (Å²) < 4.78 is 0. The topological polar surface area (TPSA) is 83.5 Å². The largest absolute Gasteiger partial charge is 0.481 e. The number of nitrogens with one attached hydrogen (secondary N) is 1. The quantitative estimate of drug-likeness (QED) is 0.653. The van der Waals surface area contributed by atoms with Crippen molar-refractivity contribution >= 4 is 39.3 Å². The highest BCUT2D eigenvalue weighted by molar-refractivity contribution is 9.10. The van der Waals surface area contributed by atoms with Crippen LogP contribution in [0.15, 0.2) is 18.2 Å². The van der Waals surface area contributed by atoms with Crippen molar-refractivity contribution in [3.8, 4) is 0 Å². The fourth-order valence-corrected chi connectivity index (χ4v) is 2.35. The van der Waals surface area contributed by atoms with Crippen molar-refractivity contribution in [1.29, 1.82) is 0 Å². The molecule has 0 radical (unpaired) electrons. The van der Waals surface area contributed by atoms with Crippen LogP contribution in [0.25, 0.3) is 0 Å². The Morgan fingerprint density at radius 2 is 2.17 bits per heavy atom. The molecule has 0 saturated carbocycles. The van der Waals surface area contributed by atoms with E-state index in [2.05, 4.69) is 21.2 Å². The number of hydrogen-bond donors (Lipinski definition) is 2. The van der Waals surface area contributed by atoms with E-state index in [9.17, 15) is 14.4 Å². The van der Waals surface area contributed by atoms with Gasteiger partial charge in [0.2, 0.25) is 5.91 Å². The summed E-state index contributed by atoms with van der Waals surface area (Å²) in [5.41, 5.74) is 1.88. The number of carbonyl (C=O) groups excluding carboxylic acids is 2. The molecule has 2 rings (SSSR count). The highest BCUT2D eigenvalue weighted by Crippen LogP contribution is 2.25. The third-order valence-corrected chi connectivity index (χ3v) is 3.39. The second-order valence-corrected chi connectivity index (χ2v) is 5.13. The Labute approximate surface area is 111 Å². The number of rotatable bonds is 4. The monoisotopic (exact) mass is 311 g/mol. The summed E-state index contributed by atoms with van der Waals surface area (Å²) in [6.45, 7) is 0. The van der Waals surface area contributed by atoms with E-state index in [4.69, 9.17) is 5.11 Å². The zero-order chi connectivity index (χ0) is 13.3. The Morgan fingerprint density at radius 1 is 1.44 bits per heavy atom. The molecule has 1 aliphatic heterocycles. The molecule has 1 unspecified atom stereocenters.